The molecule has 1 atom stereocenters. The molecule has 0 saturated heterocycles. The molecular weight excluding hydrogens is 188 g/mol. The zero-order valence-electron chi connectivity index (χ0n) is 9.12. The monoisotopic (exact) mass is 204 g/mol. The van der Waals surface area contributed by atoms with Crippen molar-refractivity contribution in [3.05, 3.63) is 29.3 Å². The zero-order valence-corrected chi connectivity index (χ0v) is 9.12. The Labute approximate surface area is 89.8 Å². The van der Waals surface area contributed by atoms with E-state index in [1.807, 2.05) is 6.92 Å². The van der Waals surface area contributed by atoms with Crippen molar-refractivity contribution in [2.24, 2.45) is 5.16 Å². The number of aryl methyl sites for hydroxylation is 1. The molecule has 3 heteroatoms. The molecule has 80 valence electrons. The van der Waals surface area contributed by atoms with Gasteiger partial charge >= 0.3 is 0 Å². The molecule has 2 N–H and O–H groups in total. The largest absolute Gasteiger partial charge is 0.411 e. The molecule has 0 amide bonds. The number of fused-ring (bicyclic) bond motifs is 1. The van der Waals surface area contributed by atoms with Crippen LogP contribution in [0.15, 0.2) is 23.4 Å². The van der Waals surface area contributed by atoms with E-state index in [9.17, 15) is 0 Å². The molecule has 3 nitrogen and oxygen atoms in total. The summed E-state index contributed by atoms with van der Waals surface area (Å²) in [5.41, 5.74) is 4.08. The summed E-state index contributed by atoms with van der Waals surface area (Å²) >= 11 is 0. The van der Waals surface area contributed by atoms with Crippen LogP contribution in [0.25, 0.3) is 0 Å². The molecule has 1 aliphatic heterocycles. The van der Waals surface area contributed by atoms with E-state index in [4.69, 9.17) is 5.21 Å². The first-order valence-electron chi connectivity index (χ1n) is 5.33. The highest BCUT2D eigenvalue weighted by Crippen LogP contribution is 2.27. The maximum Gasteiger partial charge on any atom is 0.0908 e. The van der Waals surface area contributed by atoms with Gasteiger partial charge in [0.25, 0.3) is 0 Å². The average molecular weight is 204 g/mol. The molecule has 0 fully saturated rings. The topological polar surface area (TPSA) is 44.6 Å². The summed E-state index contributed by atoms with van der Waals surface area (Å²) in [4.78, 5) is 0. The number of benzene rings is 1. The Balaban J connectivity index is 2.45. The fourth-order valence-corrected chi connectivity index (χ4v) is 1.98. The van der Waals surface area contributed by atoms with Crippen molar-refractivity contribution in [1.82, 2.24) is 0 Å². The summed E-state index contributed by atoms with van der Waals surface area (Å²) in [5.74, 6) is 0. The van der Waals surface area contributed by atoms with Gasteiger partial charge in [-0.15, -0.1) is 0 Å². The van der Waals surface area contributed by atoms with E-state index in [-0.39, 0.29) is 0 Å². The van der Waals surface area contributed by atoms with Crippen LogP contribution in [0, 0.1) is 6.92 Å². The maximum atomic E-state index is 9.00. The van der Waals surface area contributed by atoms with Crippen molar-refractivity contribution in [3.63, 3.8) is 0 Å². The Hall–Kier alpha value is -1.51. The highest BCUT2D eigenvalue weighted by molar-refractivity contribution is 6.06. The minimum atomic E-state index is 0.381. The molecule has 1 aliphatic rings. The molecule has 0 radical (unpaired) electrons. The van der Waals surface area contributed by atoms with E-state index >= 15 is 0 Å². The first kappa shape index (κ1) is 10.0. The van der Waals surface area contributed by atoms with Gasteiger partial charge in [0.15, 0.2) is 0 Å². The number of anilines is 1. The summed E-state index contributed by atoms with van der Waals surface area (Å²) in [7, 11) is 0. The summed E-state index contributed by atoms with van der Waals surface area (Å²) in [6.07, 6.45) is 1.83. The molecule has 1 aromatic carbocycles. The van der Waals surface area contributed by atoms with Crippen LogP contribution in [0.1, 0.15) is 30.9 Å². The second-order valence-corrected chi connectivity index (χ2v) is 4.05. The van der Waals surface area contributed by atoms with Gasteiger partial charge in [-0.1, -0.05) is 23.7 Å². The third-order valence-electron chi connectivity index (χ3n) is 2.90. The van der Waals surface area contributed by atoms with Gasteiger partial charge in [-0.25, -0.2) is 0 Å². The Bertz CT molecular complexity index is 399. The molecule has 15 heavy (non-hydrogen) atoms. The predicted octanol–water partition coefficient (Wildman–Crippen LogP) is 2.77. The minimum absolute atomic E-state index is 0.381. The number of rotatable bonds is 1. The highest BCUT2D eigenvalue weighted by atomic mass is 16.4. The van der Waals surface area contributed by atoms with E-state index in [0.717, 1.165) is 29.8 Å². The molecule has 1 heterocycles. The lowest BCUT2D eigenvalue weighted by molar-refractivity contribution is 0.317. The van der Waals surface area contributed by atoms with Gasteiger partial charge in [0, 0.05) is 23.7 Å². The quantitative estimate of drug-likeness (QED) is 0.545. The normalized spacial score (nSPS) is 22.3. The standard InChI is InChI=1S/C12H16N2O/c1-3-9-7-12(14-15)10-6-8(2)4-5-11(10)13-9/h4-6,9,13,15H,3,7H2,1-2H3/b14-12+/t9-/m1/s1. The number of hydrogen-bond acceptors (Lipinski definition) is 3. The molecule has 2 rings (SSSR count). The van der Waals surface area contributed by atoms with Crippen molar-refractivity contribution >= 4 is 11.4 Å². The summed E-state index contributed by atoms with van der Waals surface area (Å²) in [6, 6.07) is 6.56. The molecule has 0 spiro atoms. The molecule has 0 aliphatic carbocycles. The van der Waals surface area contributed by atoms with Crippen LogP contribution < -0.4 is 5.32 Å². The van der Waals surface area contributed by atoms with Crippen LogP contribution in [-0.2, 0) is 0 Å². The molecule has 1 aromatic rings. The molecule has 0 bridgehead atoms. The second kappa shape index (κ2) is 3.93. The number of oxime groups is 1. The fraction of sp³-hybridized carbons (Fsp3) is 0.417. The van der Waals surface area contributed by atoms with Gasteiger partial charge < -0.3 is 10.5 Å². The Morgan fingerprint density at radius 2 is 2.33 bits per heavy atom. The van der Waals surface area contributed by atoms with Crippen molar-refractivity contribution < 1.29 is 5.21 Å². The third-order valence-corrected chi connectivity index (χ3v) is 2.90. The lowest BCUT2D eigenvalue weighted by Gasteiger charge is -2.26. The summed E-state index contributed by atoms with van der Waals surface area (Å²) in [5, 5.41) is 15.9. The van der Waals surface area contributed by atoms with Crippen LogP contribution >= 0.6 is 0 Å². The zero-order chi connectivity index (χ0) is 10.8. The SMILES string of the molecule is CC[C@@H]1C/C(=N\O)c2cc(C)ccc2N1. The summed E-state index contributed by atoms with van der Waals surface area (Å²) < 4.78 is 0. The van der Waals surface area contributed by atoms with Gasteiger partial charge in [0.05, 0.1) is 5.71 Å². The molecule has 0 unspecified atom stereocenters. The number of nitrogens with one attached hydrogen (secondary N) is 1. The lowest BCUT2D eigenvalue weighted by Crippen LogP contribution is -2.29. The van der Waals surface area contributed by atoms with Crippen molar-refractivity contribution in [1.29, 1.82) is 0 Å². The van der Waals surface area contributed by atoms with Crippen LogP contribution in [0.5, 0.6) is 0 Å². The highest BCUT2D eigenvalue weighted by Gasteiger charge is 2.21. The molecular formula is C12H16N2O. The average Bonchev–Trinajstić information content (AvgIpc) is 2.27. The van der Waals surface area contributed by atoms with Crippen LogP contribution in [0.3, 0.4) is 0 Å². The smallest absolute Gasteiger partial charge is 0.0908 e. The second-order valence-electron chi connectivity index (χ2n) is 4.05. The Kier molecular flexibility index (Phi) is 2.62. The first-order valence-corrected chi connectivity index (χ1v) is 5.33. The minimum Gasteiger partial charge on any atom is -0.411 e. The van der Waals surface area contributed by atoms with E-state index in [2.05, 4.69) is 35.6 Å². The number of nitrogens with zero attached hydrogens (tertiary/aromatic N) is 1. The van der Waals surface area contributed by atoms with Gasteiger partial charge in [-0.05, 0) is 25.5 Å². The molecule has 0 aromatic heterocycles. The van der Waals surface area contributed by atoms with Crippen molar-refractivity contribution in [3.8, 4) is 0 Å². The fourth-order valence-electron chi connectivity index (χ4n) is 1.98. The van der Waals surface area contributed by atoms with Crippen molar-refractivity contribution in [2.75, 3.05) is 5.32 Å². The lowest BCUT2D eigenvalue weighted by atomic mass is 9.93. The maximum absolute atomic E-state index is 9.00. The van der Waals surface area contributed by atoms with Gasteiger partial charge in [-0.3, -0.25) is 0 Å². The van der Waals surface area contributed by atoms with Gasteiger partial charge in [-0.2, -0.15) is 0 Å². The number of hydrogen-bond donors (Lipinski definition) is 2. The Morgan fingerprint density at radius 3 is 3.00 bits per heavy atom. The van der Waals surface area contributed by atoms with E-state index < -0.39 is 0 Å². The van der Waals surface area contributed by atoms with Gasteiger partial charge in [0.2, 0.25) is 0 Å². The Morgan fingerprint density at radius 1 is 1.53 bits per heavy atom. The summed E-state index contributed by atoms with van der Waals surface area (Å²) in [6.45, 7) is 4.17. The van der Waals surface area contributed by atoms with Gasteiger partial charge in [0.1, 0.15) is 0 Å². The first-order chi connectivity index (χ1) is 7.24. The molecule has 0 saturated carbocycles. The third kappa shape index (κ3) is 1.82. The van der Waals surface area contributed by atoms with Crippen molar-refractivity contribution in [2.45, 2.75) is 32.7 Å². The predicted molar refractivity (Wildman–Crippen MR) is 61.8 cm³/mol. The van der Waals surface area contributed by atoms with E-state index in [0.29, 0.717) is 6.04 Å². The van der Waals surface area contributed by atoms with Crippen LogP contribution in [-0.4, -0.2) is 17.0 Å². The van der Waals surface area contributed by atoms with Crippen LogP contribution in [0.2, 0.25) is 0 Å². The van der Waals surface area contributed by atoms with Crippen LogP contribution in [0.4, 0.5) is 5.69 Å². The van der Waals surface area contributed by atoms with E-state index in [1.165, 1.54) is 5.56 Å². The van der Waals surface area contributed by atoms with E-state index in [1.54, 1.807) is 0 Å².